The molecule has 0 saturated heterocycles. The molecule has 2 rings (SSSR count). The van der Waals surface area contributed by atoms with Gasteiger partial charge in [-0.1, -0.05) is 0 Å². The summed E-state index contributed by atoms with van der Waals surface area (Å²) in [5.41, 5.74) is 0. The van der Waals surface area contributed by atoms with E-state index in [2.05, 4.69) is 14.4 Å². The van der Waals surface area contributed by atoms with Crippen LogP contribution in [0.25, 0.3) is 0 Å². The van der Waals surface area contributed by atoms with Crippen LogP contribution in [0.1, 0.15) is 0 Å². The highest BCUT2D eigenvalue weighted by atomic mass is 32.1. The lowest BCUT2D eigenvalue weighted by Gasteiger charge is -2.14. The number of anilines is 1. The first kappa shape index (κ1) is 6.48. The normalized spacial score (nSPS) is 15.8. The number of hydrogen-bond donors (Lipinski definition) is 0. The Labute approximate surface area is 68.1 Å². The maximum absolute atomic E-state index is 4.14. The number of rotatable bonds is 1. The Kier molecular flexibility index (Phi) is 1.64. The predicted octanol–water partition coefficient (Wildman–Crippen LogP) is 0.977. The first-order valence-electron chi connectivity index (χ1n) is 3.15. The van der Waals surface area contributed by atoms with E-state index in [1.54, 1.807) is 12.7 Å². The molecule has 11 heavy (non-hydrogen) atoms. The van der Waals surface area contributed by atoms with Gasteiger partial charge in [0.25, 0.3) is 0 Å². The van der Waals surface area contributed by atoms with Crippen molar-refractivity contribution in [3.8, 4) is 0 Å². The van der Waals surface area contributed by atoms with E-state index in [0.717, 1.165) is 5.82 Å². The van der Waals surface area contributed by atoms with E-state index in [1.165, 1.54) is 11.5 Å². The lowest BCUT2D eigenvalue weighted by molar-refractivity contribution is 0.999. The van der Waals surface area contributed by atoms with Crippen LogP contribution in [0, 0.1) is 0 Å². The molecule has 1 aromatic rings. The fourth-order valence-corrected chi connectivity index (χ4v) is 1.32. The third-order valence-corrected chi connectivity index (χ3v) is 1.86. The van der Waals surface area contributed by atoms with Gasteiger partial charge in [-0.15, -0.1) is 0 Å². The topological polar surface area (TPSA) is 40.9 Å². The van der Waals surface area contributed by atoms with E-state index in [9.17, 15) is 0 Å². The molecule has 0 saturated carbocycles. The first-order chi connectivity index (χ1) is 5.47. The lowest BCUT2D eigenvalue weighted by Crippen LogP contribution is -2.23. The summed E-state index contributed by atoms with van der Waals surface area (Å²) in [7, 11) is 0. The molecule has 0 N–H and O–H groups in total. The van der Waals surface area contributed by atoms with Crippen molar-refractivity contribution >= 4 is 30.0 Å². The number of nitrogens with zero attached hydrogens (tertiary/aromatic N) is 4. The van der Waals surface area contributed by atoms with Crippen molar-refractivity contribution in [2.45, 2.75) is 0 Å². The molecule has 0 bridgehead atoms. The average molecular weight is 166 g/mol. The van der Waals surface area contributed by atoms with Crippen LogP contribution >= 0.6 is 11.5 Å². The van der Waals surface area contributed by atoms with Crippen LogP contribution in [-0.2, 0) is 0 Å². The van der Waals surface area contributed by atoms with Gasteiger partial charge in [0.2, 0.25) is 0 Å². The third-order valence-electron chi connectivity index (χ3n) is 1.31. The van der Waals surface area contributed by atoms with Crippen molar-refractivity contribution in [1.82, 2.24) is 4.37 Å². The largest absolute Gasteiger partial charge is 0.296 e. The van der Waals surface area contributed by atoms with Gasteiger partial charge in [-0.2, -0.15) is 4.37 Å². The van der Waals surface area contributed by atoms with Crippen LogP contribution < -0.4 is 4.90 Å². The summed E-state index contributed by atoms with van der Waals surface area (Å²) in [5.74, 6) is 0.913. The molecular weight excluding hydrogens is 160 g/mol. The summed E-state index contributed by atoms with van der Waals surface area (Å²) in [6.07, 6.45) is 3.27. The highest BCUT2D eigenvalue weighted by molar-refractivity contribution is 7.03. The van der Waals surface area contributed by atoms with Gasteiger partial charge in [-0.25, -0.2) is 4.99 Å². The van der Waals surface area contributed by atoms with E-state index in [1.807, 2.05) is 16.3 Å². The van der Waals surface area contributed by atoms with Crippen LogP contribution in [0.15, 0.2) is 21.4 Å². The molecule has 0 aliphatic carbocycles. The smallest absolute Gasteiger partial charge is 0.148 e. The first-order valence-corrected chi connectivity index (χ1v) is 3.99. The minimum atomic E-state index is 0.618. The number of aromatic nitrogens is 1. The molecule has 5 heteroatoms. The molecule has 0 spiro atoms. The van der Waals surface area contributed by atoms with E-state index in [4.69, 9.17) is 0 Å². The number of aliphatic imine (C=N–C) groups is 2. The van der Waals surface area contributed by atoms with Gasteiger partial charge in [0.15, 0.2) is 0 Å². The van der Waals surface area contributed by atoms with Gasteiger partial charge in [-0.05, 0) is 17.6 Å². The van der Waals surface area contributed by atoms with E-state index < -0.39 is 0 Å². The molecule has 0 atom stereocenters. The average Bonchev–Trinajstić information content (AvgIpc) is 2.58. The molecule has 0 aromatic carbocycles. The molecule has 0 unspecified atom stereocenters. The second kappa shape index (κ2) is 2.79. The second-order valence-electron chi connectivity index (χ2n) is 2.03. The predicted molar refractivity (Wildman–Crippen MR) is 46.4 cm³/mol. The molecule has 2 heterocycles. The molecule has 1 aliphatic rings. The van der Waals surface area contributed by atoms with Crippen LogP contribution in [0.4, 0.5) is 5.82 Å². The van der Waals surface area contributed by atoms with Crippen LogP contribution in [0.5, 0.6) is 0 Å². The molecule has 4 nitrogen and oxygen atoms in total. The van der Waals surface area contributed by atoms with Gasteiger partial charge in [-0.3, -0.25) is 9.89 Å². The van der Waals surface area contributed by atoms with Crippen molar-refractivity contribution in [2.75, 3.05) is 11.6 Å². The van der Waals surface area contributed by atoms with Crippen molar-refractivity contribution < 1.29 is 0 Å². The molecule has 0 amide bonds. The quantitative estimate of drug-likeness (QED) is 0.624. The van der Waals surface area contributed by atoms with Crippen LogP contribution in [0.3, 0.4) is 0 Å². The second-order valence-corrected chi connectivity index (χ2v) is 2.70. The Bertz CT molecular complexity index is 277. The maximum Gasteiger partial charge on any atom is 0.148 e. The highest BCUT2D eigenvalue weighted by Gasteiger charge is 2.05. The monoisotopic (exact) mass is 166 g/mol. The van der Waals surface area contributed by atoms with Crippen molar-refractivity contribution in [2.24, 2.45) is 9.98 Å². The van der Waals surface area contributed by atoms with E-state index in [-0.39, 0.29) is 0 Å². The third kappa shape index (κ3) is 1.27. The van der Waals surface area contributed by atoms with Gasteiger partial charge >= 0.3 is 0 Å². The summed E-state index contributed by atoms with van der Waals surface area (Å²) >= 11 is 1.43. The van der Waals surface area contributed by atoms with E-state index in [0.29, 0.717) is 6.67 Å². The molecule has 0 radical (unpaired) electrons. The summed E-state index contributed by atoms with van der Waals surface area (Å²) in [4.78, 5) is 9.76. The Morgan fingerprint density at radius 3 is 3.18 bits per heavy atom. The van der Waals surface area contributed by atoms with Crippen LogP contribution in [-0.4, -0.2) is 23.7 Å². The van der Waals surface area contributed by atoms with Crippen molar-refractivity contribution in [3.63, 3.8) is 0 Å². The molecule has 0 fully saturated rings. The Balaban J connectivity index is 2.19. The summed E-state index contributed by atoms with van der Waals surface area (Å²) < 4.78 is 4.14. The fraction of sp³-hybridized carbons (Fsp3) is 0.167. The summed E-state index contributed by atoms with van der Waals surface area (Å²) in [5, 5.41) is 1.93. The Hall–Kier alpha value is -1.23. The zero-order valence-electron chi connectivity index (χ0n) is 5.71. The van der Waals surface area contributed by atoms with Gasteiger partial charge < -0.3 is 0 Å². The zero-order valence-corrected chi connectivity index (χ0v) is 6.53. The van der Waals surface area contributed by atoms with Gasteiger partial charge in [0.1, 0.15) is 18.8 Å². The van der Waals surface area contributed by atoms with E-state index >= 15 is 0 Å². The molecule has 1 aromatic heterocycles. The minimum absolute atomic E-state index is 0.618. The standard InChI is InChI=1S/C6H6N4S/c1-2-11-9-6(1)10-4-7-3-8-5-10/h1-4H,5H2. The lowest BCUT2D eigenvalue weighted by atomic mass is 10.6. The fourth-order valence-electron chi connectivity index (χ4n) is 0.804. The minimum Gasteiger partial charge on any atom is -0.296 e. The zero-order chi connectivity index (χ0) is 7.52. The van der Waals surface area contributed by atoms with Crippen molar-refractivity contribution in [1.29, 1.82) is 0 Å². The van der Waals surface area contributed by atoms with Gasteiger partial charge in [0, 0.05) is 5.38 Å². The van der Waals surface area contributed by atoms with Gasteiger partial charge in [0.05, 0.1) is 6.34 Å². The molecule has 56 valence electrons. The number of hydrogen-bond acceptors (Lipinski definition) is 5. The summed E-state index contributed by atoms with van der Waals surface area (Å²) in [6.45, 7) is 0.618. The maximum atomic E-state index is 4.14. The summed E-state index contributed by atoms with van der Waals surface area (Å²) in [6, 6.07) is 1.94. The molecule has 1 aliphatic heterocycles. The Morgan fingerprint density at radius 1 is 1.55 bits per heavy atom. The van der Waals surface area contributed by atoms with Crippen LogP contribution in [0.2, 0.25) is 0 Å². The SMILES string of the molecule is C1=NC=NCN1c1ccsn1. The van der Waals surface area contributed by atoms with Crippen molar-refractivity contribution in [3.05, 3.63) is 11.4 Å². The molecular formula is C6H6N4S. The Morgan fingerprint density at radius 2 is 2.55 bits per heavy atom. The highest BCUT2D eigenvalue weighted by Crippen LogP contribution is 2.11.